The number of urea groups is 2. The molecule has 1 unspecified atom stereocenters. The average Bonchev–Trinajstić information content (AvgIpc) is 3.43. The van der Waals surface area contributed by atoms with Crippen LogP contribution in [0.25, 0.3) is 5.69 Å². The van der Waals surface area contributed by atoms with Gasteiger partial charge in [0.25, 0.3) is 5.56 Å². The van der Waals surface area contributed by atoms with Crippen LogP contribution in [0.5, 0.6) is 0 Å². The van der Waals surface area contributed by atoms with Crippen molar-refractivity contribution in [1.29, 1.82) is 0 Å². The highest BCUT2D eigenvalue weighted by Crippen LogP contribution is 2.20. The molecule has 1 atom stereocenters. The Balaban J connectivity index is 1.30. The van der Waals surface area contributed by atoms with E-state index in [1.807, 2.05) is 30.3 Å². The summed E-state index contributed by atoms with van der Waals surface area (Å²) in [7, 11) is 0. The van der Waals surface area contributed by atoms with Gasteiger partial charge in [-0.3, -0.25) is 14.2 Å². The van der Waals surface area contributed by atoms with Gasteiger partial charge in [-0.1, -0.05) is 42.3 Å². The van der Waals surface area contributed by atoms with Gasteiger partial charge < -0.3 is 15.4 Å². The van der Waals surface area contributed by atoms with Crippen LogP contribution in [0.15, 0.2) is 108 Å². The molecule has 3 aromatic carbocycles. The van der Waals surface area contributed by atoms with Crippen molar-refractivity contribution in [1.82, 2.24) is 14.6 Å². The second-order valence-electron chi connectivity index (χ2n) is 9.48. The van der Waals surface area contributed by atoms with Gasteiger partial charge in [0.05, 0.1) is 19.5 Å². The normalized spacial score (nSPS) is 14.1. The molecular formula is C32H27N5O5. The molecule has 10 heteroatoms. The number of aromatic nitrogens is 1. The minimum Gasteiger partial charge on any atom is -0.458 e. The third-order valence-corrected chi connectivity index (χ3v) is 6.52. The van der Waals surface area contributed by atoms with Gasteiger partial charge in [0.1, 0.15) is 6.10 Å². The van der Waals surface area contributed by atoms with Crippen molar-refractivity contribution in [2.24, 2.45) is 0 Å². The summed E-state index contributed by atoms with van der Waals surface area (Å²) in [6.45, 7) is -0.0641. The number of carbonyl (C=O) groups excluding carboxylic acids is 3. The standard InChI is InChI=1S/C32H27N5O5/c1-2-23-11-13-25(14-12-23)33-31(40)36-21-28(42-30(39)20-24-8-4-3-5-9-24)22-37(36)32(41)34-26-15-17-27(18-16-26)35-19-7-6-10-29(35)38/h1,3-19,28H,20-22H2,(H,33,40)(H,34,41). The molecule has 1 aliphatic rings. The first kappa shape index (κ1) is 27.7. The van der Waals surface area contributed by atoms with Crippen LogP contribution in [0.3, 0.4) is 0 Å². The van der Waals surface area contributed by atoms with E-state index in [9.17, 15) is 19.2 Å². The van der Waals surface area contributed by atoms with E-state index in [1.165, 1.54) is 20.7 Å². The first-order valence-corrected chi connectivity index (χ1v) is 13.1. The smallest absolute Gasteiger partial charge is 0.340 e. The zero-order valence-electron chi connectivity index (χ0n) is 22.5. The molecule has 5 rings (SSSR count). The molecule has 42 heavy (non-hydrogen) atoms. The second-order valence-corrected chi connectivity index (χ2v) is 9.48. The van der Waals surface area contributed by atoms with Crippen LogP contribution in [0.4, 0.5) is 21.0 Å². The summed E-state index contributed by atoms with van der Waals surface area (Å²) in [5, 5.41) is 7.92. The number of hydrogen-bond acceptors (Lipinski definition) is 5. The summed E-state index contributed by atoms with van der Waals surface area (Å²) in [6, 6.07) is 26.2. The van der Waals surface area contributed by atoms with Gasteiger partial charge in [-0.25, -0.2) is 19.6 Å². The molecule has 210 valence electrons. The summed E-state index contributed by atoms with van der Waals surface area (Å²) in [4.78, 5) is 51.4. The zero-order chi connectivity index (χ0) is 29.5. The van der Waals surface area contributed by atoms with Crippen molar-refractivity contribution in [2.45, 2.75) is 12.5 Å². The lowest BCUT2D eigenvalue weighted by molar-refractivity contribution is -0.147. The molecule has 0 saturated carbocycles. The van der Waals surface area contributed by atoms with Crippen molar-refractivity contribution in [3.63, 3.8) is 0 Å². The van der Waals surface area contributed by atoms with Crippen LogP contribution in [0.2, 0.25) is 0 Å². The topological polar surface area (TPSA) is 113 Å². The molecule has 0 bridgehead atoms. The Bertz CT molecular complexity index is 1680. The molecule has 0 radical (unpaired) electrons. The van der Waals surface area contributed by atoms with E-state index in [1.54, 1.807) is 66.9 Å². The first-order valence-electron chi connectivity index (χ1n) is 13.1. The number of rotatable bonds is 6. The number of carbonyl (C=O) groups is 3. The maximum Gasteiger partial charge on any atom is 0.340 e. The minimum absolute atomic E-state index is 0.0297. The highest BCUT2D eigenvalue weighted by atomic mass is 16.5. The number of benzene rings is 3. The van der Waals surface area contributed by atoms with E-state index in [4.69, 9.17) is 11.2 Å². The third kappa shape index (κ3) is 6.66. The maximum absolute atomic E-state index is 13.4. The molecular weight excluding hydrogens is 534 g/mol. The molecule has 0 spiro atoms. The predicted molar refractivity (Wildman–Crippen MR) is 158 cm³/mol. The molecule has 1 saturated heterocycles. The molecule has 4 aromatic rings. The molecule has 2 heterocycles. The zero-order valence-corrected chi connectivity index (χ0v) is 22.5. The van der Waals surface area contributed by atoms with E-state index in [0.29, 0.717) is 22.6 Å². The largest absolute Gasteiger partial charge is 0.458 e. The van der Waals surface area contributed by atoms with E-state index in [-0.39, 0.29) is 25.1 Å². The number of ether oxygens (including phenoxy) is 1. The van der Waals surface area contributed by atoms with Gasteiger partial charge in [0.2, 0.25) is 0 Å². The van der Waals surface area contributed by atoms with Gasteiger partial charge in [0, 0.05) is 34.9 Å². The van der Waals surface area contributed by atoms with Crippen LogP contribution >= 0.6 is 0 Å². The SMILES string of the molecule is C#Cc1ccc(NC(=O)N2CC(OC(=O)Cc3ccccc3)CN2C(=O)Nc2ccc(-n3ccccc3=O)cc2)cc1. The monoisotopic (exact) mass is 561 g/mol. The summed E-state index contributed by atoms with van der Waals surface area (Å²) >= 11 is 0. The van der Waals surface area contributed by atoms with Crippen LogP contribution in [-0.4, -0.2) is 51.8 Å². The molecule has 1 fully saturated rings. The fourth-order valence-corrected chi connectivity index (χ4v) is 4.46. The number of amides is 4. The summed E-state index contributed by atoms with van der Waals surface area (Å²) in [5.41, 5.74) is 2.82. The Morgan fingerprint density at radius 2 is 1.36 bits per heavy atom. The lowest BCUT2D eigenvalue weighted by atomic mass is 10.1. The highest BCUT2D eigenvalue weighted by molar-refractivity contribution is 5.94. The van der Waals surface area contributed by atoms with Crippen LogP contribution in [0, 0.1) is 12.3 Å². The van der Waals surface area contributed by atoms with Gasteiger partial charge in [-0.05, 0) is 60.2 Å². The Morgan fingerprint density at radius 1 is 0.786 bits per heavy atom. The number of pyridine rings is 1. The van der Waals surface area contributed by atoms with Crippen LogP contribution in [-0.2, 0) is 16.0 Å². The molecule has 1 aliphatic heterocycles. The highest BCUT2D eigenvalue weighted by Gasteiger charge is 2.39. The lowest BCUT2D eigenvalue weighted by Gasteiger charge is -2.27. The number of hydrazine groups is 1. The molecule has 4 amide bonds. The lowest BCUT2D eigenvalue weighted by Crippen LogP contribution is -2.48. The van der Waals surface area contributed by atoms with Crippen LogP contribution < -0.4 is 16.2 Å². The Morgan fingerprint density at radius 3 is 1.93 bits per heavy atom. The summed E-state index contributed by atoms with van der Waals surface area (Å²) in [5.74, 6) is 2.05. The fraction of sp³-hybridized carbons (Fsp3) is 0.125. The molecule has 2 N–H and O–H groups in total. The molecule has 1 aromatic heterocycles. The predicted octanol–water partition coefficient (Wildman–Crippen LogP) is 4.27. The Kier molecular flexibility index (Phi) is 8.30. The first-order chi connectivity index (χ1) is 20.4. The molecule has 10 nitrogen and oxygen atoms in total. The quantitative estimate of drug-likeness (QED) is 0.270. The number of anilines is 2. The van der Waals surface area contributed by atoms with Crippen molar-refractivity contribution < 1.29 is 19.1 Å². The van der Waals surface area contributed by atoms with Crippen LogP contribution in [0.1, 0.15) is 11.1 Å². The number of hydrogen-bond donors (Lipinski definition) is 2. The number of esters is 1. The van der Waals surface area contributed by atoms with Gasteiger partial charge >= 0.3 is 18.0 Å². The second kappa shape index (κ2) is 12.6. The van der Waals surface area contributed by atoms with E-state index in [0.717, 1.165) is 5.56 Å². The van der Waals surface area contributed by atoms with E-state index < -0.39 is 24.1 Å². The molecule has 0 aliphatic carbocycles. The summed E-state index contributed by atoms with van der Waals surface area (Å²) in [6.07, 6.45) is 6.38. The van der Waals surface area contributed by atoms with Crippen molar-refractivity contribution in [2.75, 3.05) is 23.7 Å². The minimum atomic E-state index is -0.742. The number of nitrogens with one attached hydrogen (secondary N) is 2. The van der Waals surface area contributed by atoms with Gasteiger partial charge in [-0.2, -0.15) is 0 Å². The summed E-state index contributed by atoms with van der Waals surface area (Å²) < 4.78 is 7.12. The van der Waals surface area contributed by atoms with E-state index >= 15 is 0 Å². The van der Waals surface area contributed by atoms with Gasteiger partial charge in [-0.15, -0.1) is 6.42 Å². The third-order valence-electron chi connectivity index (χ3n) is 6.52. The van der Waals surface area contributed by atoms with Crippen molar-refractivity contribution >= 4 is 29.4 Å². The number of terminal acetylenes is 1. The van der Waals surface area contributed by atoms with Crippen molar-refractivity contribution in [3.05, 3.63) is 125 Å². The fourth-order valence-electron chi connectivity index (χ4n) is 4.46. The van der Waals surface area contributed by atoms with Crippen molar-refractivity contribution in [3.8, 4) is 18.0 Å². The Hall–Kier alpha value is -5.82. The average molecular weight is 562 g/mol. The maximum atomic E-state index is 13.4. The van der Waals surface area contributed by atoms with E-state index in [2.05, 4.69) is 16.6 Å². The van der Waals surface area contributed by atoms with Gasteiger partial charge in [0.15, 0.2) is 0 Å². The number of nitrogens with zero attached hydrogens (tertiary/aromatic N) is 3. The Labute approximate surface area is 242 Å².